The Kier molecular flexibility index (Phi) is 7.05. The van der Waals surface area contributed by atoms with E-state index in [1.165, 1.54) is 17.3 Å². The highest BCUT2D eigenvalue weighted by Crippen LogP contribution is 2.34. The van der Waals surface area contributed by atoms with Gasteiger partial charge in [-0.1, -0.05) is 41.6 Å². The first-order chi connectivity index (χ1) is 15.8. The summed E-state index contributed by atoms with van der Waals surface area (Å²) in [6.07, 6.45) is 1.69. The molecule has 1 fully saturated rings. The Morgan fingerprint density at radius 2 is 1.94 bits per heavy atom. The minimum Gasteiger partial charge on any atom is -0.328 e. The second-order valence-electron chi connectivity index (χ2n) is 8.17. The minimum absolute atomic E-state index is 0.104. The standard InChI is InChI=1S/C24H26ClN5O2S/c1-15-10-11-17(13-16(15)2)26-21(31)14-33-24-28-27-22(29(24)3)20-9-6-12-30(20)23(32)18-7-4-5-8-19(18)25/h4-5,7-8,10-11,13,20H,6,9,12,14H2,1-3H3,(H,26,31). The van der Waals surface area contributed by atoms with Gasteiger partial charge >= 0.3 is 0 Å². The summed E-state index contributed by atoms with van der Waals surface area (Å²) in [5.74, 6) is 0.716. The number of benzene rings is 2. The van der Waals surface area contributed by atoms with Gasteiger partial charge < -0.3 is 14.8 Å². The fraction of sp³-hybridized carbons (Fsp3) is 0.333. The van der Waals surface area contributed by atoms with E-state index in [0.29, 0.717) is 28.1 Å². The number of rotatable bonds is 6. The summed E-state index contributed by atoms with van der Waals surface area (Å²) in [5, 5.41) is 12.6. The van der Waals surface area contributed by atoms with Gasteiger partial charge in [0, 0.05) is 19.3 Å². The average molecular weight is 484 g/mol. The van der Waals surface area contributed by atoms with Crippen LogP contribution in [0.15, 0.2) is 47.6 Å². The Morgan fingerprint density at radius 3 is 2.70 bits per heavy atom. The topological polar surface area (TPSA) is 80.1 Å². The number of halogens is 1. The Morgan fingerprint density at radius 1 is 1.15 bits per heavy atom. The van der Waals surface area contributed by atoms with Gasteiger partial charge in [0.25, 0.3) is 5.91 Å². The Balaban J connectivity index is 1.42. The summed E-state index contributed by atoms with van der Waals surface area (Å²) in [6.45, 7) is 4.70. The molecule has 1 unspecified atom stereocenters. The molecule has 33 heavy (non-hydrogen) atoms. The highest BCUT2D eigenvalue weighted by molar-refractivity contribution is 7.99. The van der Waals surface area contributed by atoms with E-state index >= 15 is 0 Å². The van der Waals surface area contributed by atoms with E-state index in [1.807, 2.05) is 60.7 Å². The molecule has 3 aromatic rings. The zero-order chi connectivity index (χ0) is 23.5. The third kappa shape index (κ3) is 5.07. The van der Waals surface area contributed by atoms with Crippen molar-refractivity contribution in [3.05, 3.63) is 70.0 Å². The lowest BCUT2D eigenvalue weighted by Gasteiger charge is -2.24. The molecule has 0 aliphatic carbocycles. The molecular weight excluding hydrogens is 458 g/mol. The molecule has 1 N–H and O–H groups in total. The molecule has 1 aliphatic rings. The molecule has 0 saturated carbocycles. The van der Waals surface area contributed by atoms with Crippen molar-refractivity contribution in [2.24, 2.45) is 7.05 Å². The molecule has 7 nitrogen and oxygen atoms in total. The molecule has 1 aliphatic heterocycles. The van der Waals surface area contributed by atoms with E-state index in [1.54, 1.807) is 12.1 Å². The van der Waals surface area contributed by atoms with Gasteiger partial charge in [-0.15, -0.1) is 10.2 Å². The van der Waals surface area contributed by atoms with Crippen molar-refractivity contribution in [1.82, 2.24) is 19.7 Å². The molecule has 2 amide bonds. The van der Waals surface area contributed by atoms with Crippen LogP contribution in [0.2, 0.25) is 5.02 Å². The fourth-order valence-electron chi connectivity index (χ4n) is 3.96. The van der Waals surface area contributed by atoms with Crippen molar-refractivity contribution in [1.29, 1.82) is 0 Å². The number of likely N-dealkylation sites (tertiary alicyclic amines) is 1. The van der Waals surface area contributed by atoms with Crippen LogP contribution in [0.25, 0.3) is 0 Å². The van der Waals surface area contributed by atoms with Crippen LogP contribution in [-0.2, 0) is 11.8 Å². The normalized spacial score (nSPS) is 15.6. The molecular formula is C24H26ClN5O2S. The molecule has 0 radical (unpaired) electrons. The smallest absolute Gasteiger partial charge is 0.255 e. The van der Waals surface area contributed by atoms with Crippen molar-refractivity contribution in [2.75, 3.05) is 17.6 Å². The van der Waals surface area contributed by atoms with Crippen LogP contribution >= 0.6 is 23.4 Å². The number of thioether (sulfide) groups is 1. The molecule has 0 bridgehead atoms. The molecule has 2 aromatic carbocycles. The van der Waals surface area contributed by atoms with E-state index in [4.69, 9.17) is 11.6 Å². The number of hydrogen-bond donors (Lipinski definition) is 1. The van der Waals surface area contributed by atoms with E-state index in [-0.39, 0.29) is 23.6 Å². The number of aromatic nitrogens is 3. The summed E-state index contributed by atoms with van der Waals surface area (Å²) < 4.78 is 1.87. The Hall–Kier alpha value is -2.84. The number of nitrogens with zero attached hydrogens (tertiary/aromatic N) is 4. The van der Waals surface area contributed by atoms with E-state index in [2.05, 4.69) is 15.5 Å². The largest absolute Gasteiger partial charge is 0.328 e. The van der Waals surface area contributed by atoms with Crippen molar-refractivity contribution in [3.8, 4) is 0 Å². The van der Waals surface area contributed by atoms with Gasteiger partial charge in [-0.25, -0.2) is 0 Å². The molecule has 9 heteroatoms. The average Bonchev–Trinajstić information content (AvgIpc) is 3.41. The summed E-state index contributed by atoms with van der Waals surface area (Å²) in [7, 11) is 1.87. The molecule has 172 valence electrons. The van der Waals surface area contributed by atoms with Crippen molar-refractivity contribution >= 4 is 40.9 Å². The fourth-order valence-corrected chi connectivity index (χ4v) is 4.89. The second-order valence-corrected chi connectivity index (χ2v) is 9.52. The number of anilines is 1. The van der Waals surface area contributed by atoms with Gasteiger partial charge in [0.1, 0.15) is 0 Å². The van der Waals surface area contributed by atoms with Crippen LogP contribution in [0, 0.1) is 13.8 Å². The van der Waals surface area contributed by atoms with Crippen molar-refractivity contribution < 1.29 is 9.59 Å². The van der Waals surface area contributed by atoms with Gasteiger partial charge in [-0.3, -0.25) is 9.59 Å². The predicted octanol–water partition coefficient (Wildman–Crippen LogP) is 4.79. The molecule has 1 aromatic heterocycles. The molecule has 1 saturated heterocycles. The Bertz CT molecular complexity index is 1200. The maximum atomic E-state index is 13.1. The lowest BCUT2D eigenvalue weighted by atomic mass is 10.1. The van der Waals surface area contributed by atoms with Crippen LogP contribution in [0.5, 0.6) is 0 Å². The Labute approximate surface area is 202 Å². The van der Waals surface area contributed by atoms with Crippen LogP contribution in [0.4, 0.5) is 5.69 Å². The second kappa shape index (κ2) is 9.97. The summed E-state index contributed by atoms with van der Waals surface area (Å²) >= 11 is 7.57. The number of carbonyl (C=O) groups is 2. The molecule has 0 spiro atoms. The monoisotopic (exact) mass is 483 g/mol. The van der Waals surface area contributed by atoms with E-state index < -0.39 is 0 Å². The van der Waals surface area contributed by atoms with Gasteiger partial charge in [0.05, 0.1) is 22.4 Å². The van der Waals surface area contributed by atoms with Gasteiger partial charge in [0.15, 0.2) is 11.0 Å². The minimum atomic E-state index is -0.176. The lowest BCUT2D eigenvalue weighted by Crippen LogP contribution is -2.32. The highest BCUT2D eigenvalue weighted by Gasteiger charge is 2.34. The van der Waals surface area contributed by atoms with E-state index in [9.17, 15) is 9.59 Å². The quantitative estimate of drug-likeness (QED) is 0.510. The zero-order valence-electron chi connectivity index (χ0n) is 18.8. The molecule has 2 heterocycles. The summed E-state index contributed by atoms with van der Waals surface area (Å²) in [6, 6.07) is 12.8. The molecule has 1 atom stereocenters. The van der Waals surface area contributed by atoms with Gasteiger partial charge in [-0.2, -0.15) is 0 Å². The highest BCUT2D eigenvalue weighted by atomic mass is 35.5. The summed E-state index contributed by atoms with van der Waals surface area (Å²) in [5.41, 5.74) is 3.58. The van der Waals surface area contributed by atoms with Crippen molar-refractivity contribution in [3.63, 3.8) is 0 Å². The zero-order valence-corrected chi connectivity index (χ0v) is 20.4. The van der Waals surface area contributed by atoms with Crippen molar-refractivity contribution in [2.45, 2.75) is 37.9 Å². The SMILES string of the molecule is Cc1ccc(NC(=O)CSc2nnc(C3CCCN3C(=O)c3ccccc3Cl)n2C)cc1C. The first-order valence-electron chi connectivity index (χ1n) is 10.8. The first kappa shape index (κ1) is 23.3. The summed E-state index contributed by atoms with van der Waals surface area (Å²) in [4.78, 5) is 27.4. The maximum Gasteiger partial charge on any atom is 0.255 e. The third-order valence-corrected chi connectivity index (χ3v) is 7.26. The number of hydrogen-bond acceptors (Lipinski definition) is 5. The lowest BCUT2D eigenvalue weighted by molar-refractivity contribution is -0.113. The van der Waals surface area contributed by atoms with Gasteiger partial charge in [-0.05, 0) is 62.1 Å². The number of amides is 2. The maximum absolute atomic E-state index is 13.1. The van der Waals surface area contributed by atoms with Crippen LogP contribution in [-0.4, -0.2) is 43.8 Å². The van der Waals surface area contributed by atoms with Crippen LogP contribution in [0.3, 0.4) is 0 Å². The van der Waals surface area contributed by atoms with Crippen LogP contribution < -0.4 is 5.32 Å². The van der Waals surface area contributed by atoms with Crippen LogP contribution in [0.1, 0.15) is 46.2 Å². The number of aryl methyl sites for hydroxylation is 2. The van der Waals surface area contributed by atoms with Gasteiger partial charge in [0.2, 0.25) is 5.91 Å². The predicted molar refractivity (Wildman–Crippen MR) is 131 cm³/mol. The van der Waals surface area contributed by atoms with E-state index in [0.717, 1.165) is 24.1 Å². The third-order valence-electron chi connectivity index (χ3n) is 5.91. The number of carbonyl (C=O) groups excluding carboxylic acids is 2. The first-order valence-corrected chi connectivity index (χ1v) is 12.2. The number of nitrogens with one attached hydrogen (secondary N) is 1. The molecule has 4 rings (SSSR count).